The zero-order valence-electron chi connectivity index (χ0n) is 13.0. The summed E-state index contributed by atoms with van der Waals surface area (Å²) in [5.74, 6) is 0. The smallest absolute Gasteiger partial charge is 0.0731 e. The average Bonchev–Trinajstić information content (AvgIpc) is 2.43. The van der Waals surface area contributed by atoms with Crippen LogP contribution in [0.25, 0.3) is 0 Å². The molecular formula is C17H28BrNO. The molecule has 20 heavy (non-hydrogen) atoms. The summed E-state index contributed by atoms with van der Waals surface area (Å²) < 4.78 is 7.12. The van der Waals surface area contributed by atoms with E-state index >= 15 is 0 Å². The minimum absolute atomic E-state index is 0.301. The molecule has 1 N–H and O–H groups in total. The van der Waals surface area contributed by atoms with Crippen LogP contribution in [0.3, 0.4) is 0 Å². The lowest BCUT2D eigenvalue weighted by molar-refractivity contribution is 0.0282. The Morgan fingerprint density at radius 1 is 1.20 bits per heavy atom. The second-order valence-electron chi connectivity index (χ2n) is 5.18. The second kappa shape index (κ2) is 10.4. The van der Waals surface area contributed by atoms with E-state index in [4.69, 9.17) is 4.74 Å². The van der Waals surface area contributed by atoms with Crippen LogP contribution in [0.4, 0.5) is 0 Å². The number of hydrogen-bond donors (Lipinski definition) is 1. The van der Waals surface area contributed by atoms with Gasteiger partial charge < -0.3 is 10.1 Å². The van der Waals surface area contributed by atoms with E-state index in [1.165, 1.54) is 5.56 Å². The first-order chi connectivity index (χ1) is 9.71. The van der Waals surface area contributed by atoms with Crippen LogP contribution >= 0.6 is 15.9 Å². The monoisotopic (exact) mass is 341 g/mol. The van der Waals surface area contributed by atoms with Crippen LogP contribution in [-0.4, -0.2) is 25.3 Å². The van der Waals surface area contributed by atoms with E-state index in [9.17, 15) is 0 Å². The zero-order chi connectivity index (χ0) is 14.8. The normalized spacial score (nSPS) is 14.2. The van der Waals surface area contributed by atoms with E-state index in [0.29, 0.717) is 12.1 Å². The van der Waals surface area contributed by atoms with Crippen molar-refractivity contribution in [2.75, 3.05) is 13.2 Å². The quantitative estimate of drug-likeness (QED) is 0.673. The lowest BCUT2D eigenvalue weighted by Crippen LogP contribution is -2.43. The van der Waals surface area contributed by atoms with Crippen molar-refractivity contribution in [3.05, 3.63) is 34.3 Å². The third kappa shape index (κ3) is 6.38. The molecule has 0 aliphatic heterocycles. The highest BCUT2D eigenvalue weighted by atomic mass is 79.9. The molecule has 0 spiro atoms. The van der Waals surface area contributed by atoms with Crippen molar-refractivity contribution >= 4 is 15.9 Å². The molecule has 0 saturated heterocycles. The predicted molar refractivity (Wildman–Crippen MR) is 90.2 cm³/mol. The van der Waals surface area contributed by atoms with Crippen molar-refractivity contribution in [1.29, 1.82) is 0 Å². The first-order valence-corrected chi connectivity index (χ1v) is 8.59. The number of benzene rings is 1. The van der Waals surface area contributed by atoms with E-state index in [-0.39, 0.29) is 0 Å². The molecule has 1 aromatic rings. The molecule has 0 fully saturated rings. The molecule has 0 saturated carbocycles. The molecule has 114 valence electrons. The summed E-state index contributed by atoms with van der Waals surface area (Å²) in [6.07, 6.45) is 4.75. The van der Waals surface area contributed by atoms with Crippen molar-refractivity contribution < 1.29 is 4.74 Å². The average molecular weight is 342 g/mol. The topological polar surface area (TPSA) is 21.3 Å². The molecule has 0 heterocycles. The highest BCUT2D eigenvalue weighted by molar-refractivity contribution is 9.10. The fraction of sp³-hybridized carbons (Fsp3) is 0.647. The number of hydrogen-bond acceptors (Lipinski definition) is 2. The van der Waals surface area contributed by atoms with Crippen molar-refractivity contribution in [2.45, 2.75) is 58.6 Å². The summed E-state index contributed by atoms with van der Waals surface area (Å²) in [4.78, 5) is 0. The summed E-state index contributed by atoms with van der Waals surface area (Å²) in [5, 5.41) is 3.67. The Morgan fingerprint density at radius 2 is 2.00 bits per heavy atom. The van der Waals surface area contributed by atoms with Crippen LogP contribution in [-0.2, 0) is 11.2 Å². The van der Waals surface area contributed by atoms with E-state index in [2.05, 4.69) is 66.3 Å². The molecule has 2 nitrogen and oxygen atoms in total. The molecule has 0 bridgehead atoms. The molecular weight excluding hydrogens is 314 g/mol. The Bertz CT molecular complexity index is 364. The van der Waals surface area contributed by atoms with Gasteiger partial charge in [-0.3, -0.25) is 0 Å². The van der Waals surface area contributed by atoms with Gasteiger partial charge in [0.15, 0.2) is 0 Å². The molecule has 0 aliphatic rings. The standard InChI is InChI=1S/C17H28BrNO/c1-4-8-17(20-6-3)16(19-11-5-2)13-14-9-7-10-15(18)12-14/h7,9-10,12,16-17,19H,4-6,8,11,13H2,1-3H3. The van der Waals surface area contributed by atoms with Crippen molar-refractivity contribution in [2.24, 2.45) is 0 Å². The van der Waals surface area contributed by atoms with Crippen LogP contribution in [0, 0.1) is 0 Å². The number of rotatable bonds is 10. The van der Waals surface area contributed by atoms with Gasteiger partial charge in [-0.2, -0.15) is 0 Å². The molecule has 2 unspecified atom stereocenters. The van der Waals surface area contributed by atoms with E-state index in [1.807, 2.05) is 0 Å². The fourth-order valence-corrected chi connectivity index (χ4v) is 2.93. The van der Waals surface area contributed by atoms with Gasteiger partial charge >= 0.3 is 0 Å². The van der Waals surface area contributed by atoms with Crippen molar-refractivity contribution in [3.8, 4) is 0 Å². The van der Waals surface area contributed by atoms with Gasteiger partial charge in [0.2, 0.25) is 0 Å². The molecule has 1 rings (SSSR count). The van der Waals surface area contributed by atoms with Gasteiger partial charge in [-0.25, -0.2) is 0 Å². The largest absolute Gasteiger partial charge is 0.377 e. The van der Waals surface area contributed by atoms with Crippen LogP contribution in [0.5, 0.6) is 0 Å². The fourth-order valence-electron chi connectivity index (χ4n) is 2.48. The Kier molecular flexibility index (Phi) is 9.16. The third-order valence-electron chi connectivity index (χ3n) is 3.40. The van der Waals surface area contributed by atoms with Gasteiger partial charge in [0.1, 0.15) is 0 Å². The Balaban J connectivity index is 2.75. The first-order valence-electron chi connectivity index (χ1n) is 7.80. The zero-order valence-corrected chi connectivity index (χ0v) is 14.6. The van der Waals surface area contributed by atoms with Crippen LogP contribution in [0.1, 0.15) is 45.6 Å². The summed E-state index contributed by atoms with van der Waals surface area (Å²) in [6, 6.07) is 8.97. The van der Waals surface area contributed by atoms with Gasteiger partial charge in [0, 0.05) is 17.1 Å². The Morgan fingerprint density at radius 3 is 2.60 bits per heavy atom. The maximum absolute atomic E-state index is 5.97. The van der Waals surface area contributed by atoms with Gasteiger partial charge in [-0.1, -0.05) is 48.3 Å². The van der Waals surface area contributed by atoms with Gasteiger partial charge in [-0.15, -0.1) is 0 Å². The summed E-state index contributed by atoms with van der Waals surface area (Å²) in [6.45, 7) is 8.35. The van der Waals surface area contributed by atoms with E-state index in [1.54, 1.807) is 0 Å². The van der Waals surface area contributed by atoms with E-state index in [0.717, 1.165) is 43.3 Å². The minimum atomic E-state index is 0.301. The number of nitrogens with one attached hydrogen (secondary N) is 1. The van der Waals surface area contributed by atoms with Crippen molar-refractivity contribution in [1.82, 2.24) is 5.32 Å². The van der Waals surface area contributed by atoms with Crippen LogP contribution in [0.15, 0.2) is 28.7 Å². The SMILES string of the molecule is CCCNC(Cc1cccc(Br)c1)C(CCC)OCC. The lowest BCUT2D eigenvalue weighted by Gasteiger charge is -2.28. The Labute approximate surface area is 132 Å². The predicted octanol–water partition coefficient (Wildman–Crippen LogP) is 4.57. The molecule has 2 atom stereocenters. The van der Waals surface area contributed by atoms with Gasteiger partial charge in [-0.05, 0) is 50.4 Å². The maximum Gasteiger partial charge on any atom is 0.0731 e. The molecule has 0 aromatic heterocycles. The van der Waals surface area contributed by atoms with Crippen molar-refractivity contribution in [3.63, 3.8) is 0 Å². The van der Waals surface area contributed by atoms with Crippen LogP contribution in [0.2, 0.25) is 0 Å². The highest BCUT2D eigenvalue weighted by Crippen LogP contribution is 2.17. The summed E-state index contributed by atoms with van der Waals surface area (Å²) in [5.41, 5.74) is 1.36. The maximum atomic E-state index is 5.97. The highest BCUT2D eigenvalue weighted by Gasteiger charge is 2.21. The summed E-state index contributed by atoms with van der Waals surface area (Å²) in [7, 11) is 0. The van der Waals surface area contributed by atoms with E-state index < -0.39 is 0 Å². The molecule has 0 aliphatic carbocycles. The third-order valence-corrected chi connectivity index (χ3v) is 3.90. The van der Waals surface area contributed by atoms with Gasteiger partial charge in [0.25, 0.3) is 0 Å². The minimum Gasteiger partial charge on any atom is -0.377 e. The number of ether oxygens (including phenoxy) is 1. The lowest BCUT2D eigenvalue weighted by atomic mass is 9.98. The summed E-state index contributed by atoms with van der Waals surface area (Å²) >= 11 is 3.55. The molecule has 0 amide bonds. The Hall–Kier alpha value is -0.380. The molecule has 3 heteroatoms. The second-order valence-corrected chi connectivity index (χ2v) is 6.09. The number of halogens is 1. The van der Waals surface area contributed by atoms with Crippen LogP contribution < -0.4 is 5.32 Å². The molecule has 0 radical (unpaired) electrons. The van der Waals surface area contributed by atoms with Gasteiger partial charge in [0.05, 0.1) is 6.10 Å². The molecule has 1 aromatic carbocycles. The first kappa shape index (κ1) is 17.7.